The van der Waals surface area contributed by atoms with Gasteiger partial charge in [-0.15, -0.1) is 0 Å². The number of aliphatic imine (C=N–C) groups is 1. The number of hydrogen-bond donors (Lipinski definition) is 6. The lowest BCUT2D eigenvalue weighted by atomic mass is 9.73. The predicted octanol–water partition coefficient (Wildman–Crippen LogP) is 3.26. The van der Waals surface area contributed by atoms with E-state index in [1.807, 2.05) is 55.6 Å². The number of aliphatic hydroxyl groups is 3. The van der Waals surface area contributed by atoms with E-state index in [9.17, 15) is 20.1 Å². The summed E-state index contributed by atoms with van der Waals surface area (Å²) in [5.74, 6) is 10.8. The van der Waals surface area contributed by atoms with Crippen LogP contribution in [0.2, 0.25) is 0 Å². The van der Waals surface area contributed by atoms with E-state index < -0.39 is 35.9 Å². The largest absolute Gasteiger partial charge is 0.437 e. The SMILES string of the molecule is C[C@H]1C=C[C@H]([C@@H](O)CC(=O)CCc2ccc3c(c2)O[C@H]2[C@@H](C#C[C@H](O)c4ccc5c(c4CC4=CN=C6C[NH+]2C=C46)CCN[C@H]5N)C2(C#CO3)CCCC2)[C@@H](O)C1. The van der Waals surface area contributed by atoms with E-state index in [1.165, 1.54) is 5.56 Å². The highest BCUT2D eigenvalue weighted by molar-refractivity contribution is 6.08. The Morgan fingerprint density at radius 2 is 1.95 bits per heavy atom. The second-order valence-corrected chi connectivity index (χ2v) is 16.8. The van der Waals surface area contributed by atoms with Crippen molar-refractivity contribution in [1.29, 1.82) is 0 Å². The Labute approximate surface area is 328 Å². The van der Waals surface area contributed by atoms with Gasteiger partial charge in [-0.2, -0.15) is 0 Å². The summed E-state index contributed by atoms with van der Waals surface area (Å²) in [6.45, 7) is 3.42. The van der Waals surface area contributed by atoms with Crippen molar-refractivity contribution in [1.82, 2.24) is 5.32 Å². The quantitative estimate of drug-likeness (QED) is 0.195. The van der Waals surface area contributed by atoms with E-state index >= 15 is 0 Å². The lowest BCUT2D eigenvalue weighted by Crippen LogP contribution is -3.13. The van der Waals surface area contributed by atoms with Gasteiger partial charge >= 0.3 is 0 Å². The van der Waals surface area contributed by atoms with Crippen molar-refractivity contribution in [3.05, 3.63) is 93.8 Å². The first-order chi connectivity index (χ1) is 27.2. The molecule has 2 aromatic rings. The number of Topliss-reactive ketones (excluding diaryl/α,β-unsaturated/α-hetero) is 1. The molecular weight excluding hydrogens is 705 g/mol. The number of fused-ring (bicyclic) bond motifs is 8. The molecule has 0 amide bonds. The van der Waals surface area contributed by atoms with Crippen molar-refractivity contribution in [2.75, 3.05) is 13.1 Å². The minimum Gasteiger partial charge on any atom is -0.437 e. The van der Waals surface area contributed by atoms with Gasteiger partial charge in [0.1, 0.15) is 42.4 Å². The molecule has 1 saturated carbocycles. The number of carbonyl (C=O) groups excluding carboxylic acids is 1. The van der Waals surface area contributed by atoms with Crippen molar-refractivity contribution in [3.8, 4) is 35.4 Å². The van der Waals surface area contributed by atoms with Gasteiger partial charge in [-0.25, -0.2) is 0 Å². The summed E-state index contributed by atoms with van der Waals surface area (Å²) in [5.41, 5.74) is 14.2. The fourth-order valence-corrected chi connectivity index (χ4v) is 10.0. The Morgan fingerprint density at radius 3 is 2.79 bits per heavy atom. The van der Waals surface area contributed by atoms with Gasteiger partial charge < -0.3 is 30.5 Å². The third-order valence-corrected chi connectivity index (χ3v) is 13.1. The molecule has 1 fully saturated rings. The highest BCUT2D eigenvalue weighted by Crippen LogP contribution is 2.47. The van der Waals surface area contributed by atoms with E-state index in [4.69, 9.17) is 20.2 Å². The molecule has 9 atom stereocenters. The topological polar surface area (TPSA) is 151 Å². The maximum atomic E-state index is 13.1. The first-order valence-electron chi connectivity index (χ1n) is 20.4. The van der Waals surface area contributed by atoms with E-state index in [2.05, 4.69) is 35.4 Å². The van der Waals surface area contributed by atoms with Crippen LogP contribution in [0.15, 0.2) is 71.0 Å². The zero-order chi connectivity index (χ0) is 38.6. The average Bonchev–Trinajstić information content (AvgIpc) is 3.92. The van der Waals surface area contributed by atoms with Crippen LogP contribution in [-0.2, 0) is 24.1 Å². The van der Waals surface area contributed by atoms with Gasteiger partial charge in [0.05, 0.1) is 29.4 Å². The van der Waals surface area contributed by atoms with Crippen LogP contribution in [0, 0.1) is 47.0 Å². The maximum Gasteiger partial charge on any atom is 0.252 e. The van der Waals surface area contributed by atoms with Crippen LogP contribution in [0.5, 0.6) is 11.5 Å². The molecule has 290 valence electrons. The Bertz CT molecular complexity index is 2180. The first-order valence-corrected chi connectivity index (χ1v) is 20.4. The number of hydrogen-bond acceptors (Lipinski definition) is 9. The second kappa shape index (κ2) is 15.1. The Morgan fingerprint density at radius 1 is 1.11 bits per heavy atom. The van der Waals surface area contributed by atoms with E-state index in [0.29, 0.717) is 37.3 Å². The summed E-state index contributed by atoms with van der Waals surface area (Å²) in [4.78, 5) is 19.1. The minimum absolute atomic E-state index is 0.0120. The third-order valence-electron chi connectivity index (χ3n) is 13.1. The first kappa shape index (κ1) is 37.1. The van der Waals surface area contributed by atoms with Crippen molar-refractivity contribution in [3.63, 3.8) is 0 Å². The van der Waals surface area contributed by atoms with Crippen LogP contribution in [0.3, 0.4) is 0 Å². The number of rotatable bonds is 6. The van der Waals surface area contributed by atoms with Gasteiger partial charge in [0, 0.05) is 37.9 Å². The van der Waals surface area contributed by atoms with Crippen molar-refractivity contribution in [2.45, 2.75) is 102 Å². The summed E-state index contributed by atoms with van der Waals surface area (Å²) in [6, 6.07) is 9.74. The molecule has 10 nitrogen and oxygen atoms in total. The number of benzene rings is 2. The van der Waals surface area contributed by atoms with Gasteiger partial charge in [-0.1, -0.05) is 67.9 Å². The second-order valence-electron chi connectivity index (χ2n) is 16.8. The molecular formula is C46H51N4O6+. The number of ketones is 1. The highest BCUT2D eigenvalue weighted by Gasteiger charge is 2.51. The Balaban J connectivity index is 1.05. The number of aryl methyl sites for hydroxylation is 1. The lowest BCUT2D eigenvalue weighted by molar-refractivity contribution is -0.888. The lowest BCUT2D eigenvalue weighted by Gasteiger charge is -2.36. The molecule has 2 bridgehead atoms. The average molecular weight is 756 g/mol. The van der Waals surface area contributed by atoms with Crippen molar-refractivity contribution < 1.29 is 34.5 Å². The summed E-state index contributed by atoms with van der Waals surface area (Å²) in [5, 5.41) is 36.6. The molecule has 0 radical (unpaired) electrons. The molecule has 9 rings (SSSR count). The number of nitrogens with one attached hydrogen (secondary N) is 2. The highest BCUT2D eigenvalue weighted by atomic mass is 16.5. The number of allylic oxidation sites excluding steroid dienone is 2. The Hall–Kier alpha value is -4.52. The molecule has 7 N–H and O–H groups in total. The molecule has 2 aromatic carbocycles. The van der Waals surface area contributed by atoms with Gasteiger partial charge in [-0.3, -0.25) is 20.0 Å². The minimum atomic E-state index is -1.02. The van der Waals surface area contributed by atoms with E-state index in [0.717, 1.165) is 82.7 Å². The van der Waals surface area contributed by atoms with Crippen LogP contribution < -0.4 is 25.4 Å². The summed E-state index contributed by atoms with van der Waals surface area (Å²) < 4.78 is 13.3. The molecule has 10 heteroatoms. The van der Waals surface area contributed by atoms with Gasteiger partial charge in [0.15, 0.2) is 11.5 Å². The fraction of sp³-hybridized carbons (Fsp3) is 0.478. The molecule has 1 spiro atoms. The zero-order valence-corrected chi connectivity index (χ0v) is 31.9. The van der Waals surface area contributed by atoms with Crippen LogP contribution in [0.1, 0.15) is 92.0 Å². The van der Waals surface area contributed by atoms with Crippen LogP contribution in [0.4, 0.5) is 0 Å². The molecule has 5 aliphatic heterocycles. The number of aliphatic hydroxyl groups excluding tert-OH is 3. The van der Waals surface area contributed by atoms with Crippen LogP contribution in [0.25, 0.3) is 0 Å². The van der Waals surface area contributed by atoms with Gasteiger partial charge in [0.25, 0.3) is 6.23 Å². The molecule has 0 aromatic heterocycles. The monoisotopic (exact) mass is 755 g/mol. The third kappa shape index (κ3) is 6.94. The van der Waals surface area contributed by atoms with E-state index in [-0.39, 0.29) is 36.6 Å². The zero-order valence-electron chi connectivity index (χ0n) is 31.9. The molecule has 2 aliphatic carbocycles. The normalized spacial score (nSPS) is 31.1. The number of quaternary nitrogens is 1. The molecule has 5 heterocycles. The van der Waals surface area contributed by atoms with Crippen LogP contribution >= 0.6 is 0 Å². The van der Waals surface area contributed by atoms with Crippen molar-refractivity contribution >= 4 is 11.5 Å². The number of nitrogens with two attached hydrogens (primary N) is 1. The van der Waals surface area contributed by atoms with Gasteiger partial charge in [-0.05, 0) is 83.5 Å². The maximum absolute atomic E-state index is 13.1. The molecule has 56 heavy (non-hydrogen) atoms. The summed E-state index contributed by atoms with van der Waals surface area (Å²) in [7, 11) is 0. The summed E-state index contributed by atoms with van der Waals surface area (Å²) >= 11 is 0. The molecule has 0 saturated heterocycles. The number of carbonyl (C=O) groups is 1. The number of ether oxygens (including phenoxy) is 2. The van der Waals surface area contributed by atoms with Crippen LogP contribution in [-0.4, -0.2) is 58.3 Å². The number of nitrogens with zero attached hydrogens (tertiary/aromatic N) is 1. The Kier molecular flexibility index (Phi) is 10.00. The summed E-state index contributed by atoms with van der Waals surface area (Å²) in [6.07, 6.45) is 14.2. The predicted molar refractivity (Wildman–Crippen MR) is 211 cm³/mol. The standard InChI is InChI=1S/C46H50N4O6/c1-27-4-8-34(40(53)20-27)41(54)23-30(51)7-5-28-6-13-42-43(21-28)56-45-37(46(17-19-55-42)15-2-3-16-46)11-12-39(52)32-9-10-33-31(14-18-48-44(33)47)35(32)22-29-24-49-38-26-50(45)25-36(29)38/h4,6,8-10,13,21,24-25,27,34,37,39-41,44-45,48,52-54H,2-3,5,7,14-16,18,20,22-23,26,47H2,1H3/p+1/t27-,34-,37+,39-,40-,41-,44+,45-/m0/s1. The van der Waals surface area contributed by atoms with E-state index in [1.54, 1.807) is 0 Å². The molecule has 1 unspecified atom stereocenters. The molecule has 7 aliphatic rings. The smallest absolute Gasteiger partial charge is 0.252 e. The van der Waals surface area contributed by atoms with Crippen molar-refractivity contribution in [2.24, 2.45) is 33.9 Å². The fourth-order valence-electron chi connectivity index (χ4n) is 10.0. The van der Waals surface area contributed by atoms with Gasteiger partial charge in [0.2, 0.25) is 0 Å².